The molecule has 2 rings (SSSR count). The lowest BCUT2D eigenvalue weighted by Crippen LogP contribution is -2.46. The number of rotatable bonds is 6. The van der Waals surface area contributed by atoms with E-state index in [9.17, 15) is 24.5 Å². The Hall–Kier alpha value is -3.01. The van der Waals surface area contributed by atoms with Crippen molar-refractivity contribution in [2.24, 2.45) is 0 Å². The fraction of sp³-hybridized carbons (Fsp3) is 0.471. The lowest BCUT2D eigenvalue weighted by Gasteiger charge is -2.28. The molecule has 10 nitrogen and oxygen atoms in total. The average molecular weight is 379 g/mol. The third-order valence-corrected chi connectivity index (χ3v) is 4.03. The van der Waals surface area contributed by atoms with Crippen molar-refractivity contribution in [1.29, 1.82) is 0 Å². The van der Waals surface area contributed by atoms with Crippen molar-refractivity contribution in [3.63, 3.8) is 0 Å². The summed E-state index contributed by atoms with van der Waals surface area (Å²) >= 11 is 0. The van der Waals surface area contributed by atoms with E-state index < -0.39 is 29.4 Å². The number of nitrogens with one attached hydrogen (secondary N) is 1. The maximum atomic E-state index is 12.2. The highest BCUT2D eigenvalue weighted by molar-refractivity contribution is 5.96. The van der Waals surface area contributed by atoms with E-state index in [0.717, 1.165) is 0 Å². The van der Waals surface area contributed by atoms with Crippen molar-refractivity contribution in [3.05, 3.63) is 39.4 Å². The summed E-state index contributed by atoms with van der Waals surface area (Å²) in [7, 11) is 0. The fourth-order valence-electron chi connectivity index (χ4n) is 2.59. The van der Waals surface area contributed by atoms with E-state index in [1.165, 1.54) is 32.0 Å². The molecular formula is C17H21N3O7. The van der Waals surface area contributed by atoms with Gasteiger partial charge in [-0.2, -0.15) is 0 Å². The zero-order chi connectivity index (χ0) is 20.0. The first-order valence-corrected chi connectivity index (χ1v) is 8.39. The highest BCUT2D eigenvalue weighted by Crippen LogP contribution is 2.18. The van der Waals surface area contributed by atoms with Crippen molar-refractivity contribution >= 4 is 23.5 Å². The van der Waals surface area contributed by atoms with E-state index in [2.05, 4.69) is 5.32 Å². The summed E-state index contributed by atoms with van der Waals surface area (Å²) in [6.07, 6.45) is -0.964. The molecule has 1 atom stereocenters. The van der Waals surface area contributed by atoms with E-state index in [1.54, 1.807) is 4.90 Å². The van der Waals surface area contributed by atoms with Crippen LogP contribution < -0.4 is 5.32 Å². The van der Waals surface area contributed by atoms with E-state index >= 15 is 0 Å². The fourth-order valence-corrected chi connectivity index (χ4v) is 2.59. The summed E-state index contributed by atoms with van der Waals surface area (Å²) in [4.78, 5) is 47.9. The zero-order valence-electron chi connectivity index (χ0n) is 15.1. The second kappa shape index (κ2) is 9.08. The third-order valence-electron chi connectivity index (χ3n) is 4.03. The molecule has 1 heterocycles. The second-order valence-corrected chi connectivity index (χ2v) is 6.01. The Morgan fingerprint density at radius 3 is 2.59 bits per heavy atom. The third kappa shape index (κ3) is 5.48. The van der Waals surface area contributed by atoms with Crippen LogP contribution in [-0.2, 0) is 19.1 Å². The largest absolute Gasteiger partial charge is 0.451 e. The second-order valence-electron chi connectivity index (χ2n) is 6.01. The van der Waals surface area contributed by atoms with Crippen LogP contribution in [0.3, 0.4) is 0 Å². The van der Waals surface area contributed by atoms with Crippen molar-refractivity contribution in [2.45, 2.75) is 20.0 Å². The highest BCUT2D eigenvalue weighted by atomic mass is 16.6. The van der Waals surface area contributed by atoms with Gasteiger partial charge in [-0.25, -0.2) is 0 Å². The normalized spacial score (nSPS) is 15.0. The molecule has 0 saturated carbocycles. The van der Waals surface area contributed by atoms with Crippen molar-refractivity contribution in [2.75, 3.05) is 32.8 Å². The molecule has 0 radical (unpaired) electrons. The Balaban J connectivity index is 1.83. The van der Waals surface area contributed by atoms with Gasteiger partial charge in [-0.05, 0) is 26.0 Å². The number of morpholine rings is 1. The lowest BCUT2D eigenvalue weighted by atomic mass is 10.1. The van der Waals surface area contributed by atoms with E-state index in [4.69, 9.17) is 9.47 Å². The predicted molar refractivity (Wildman–Crippen MR) is 93.1 cm³/mol. The van der Waals surface area contributed by atoms with Crippen LogP contribution >= 0.6 is 0 Å². The van der Waals surface area contributed by atoms with E-state index in [0.29, 0.717) is 31.9 Å². The molecule has 0 spiro atoms. The monoisotopic (exact) mass is 379 g/mol. The van der Waals surface area contributed by atoms with Crippen LogP contribution in [0.1, 0.15) is 22.8 Å². The number of benzene rings is 1. The van der Waals surface area contributed by atoms with Crippen LogP contribution in [0.5, 0.6) is 0 Å². The molecule has 1 aliphatic heterocycles. The van der Waals surface area contributed by atoms with Gasteiger partial charge in [0.2, 0.25) is 0 Å². The Morgan fingerprint density at radius 1 is 1.33 bits per heavy atom. The average Bonchev–Trinajstić information content (AvgIpc) is 2.65. The number of nitro benzene ring substituents is 1. The Kier molecular flexibility index (Phi) is 6.83. The number of nitro groups is 1. The van der Waals surface area contributed by atoms with Gasteiger partial charge in [0.1, 0.15) is 6.54 Å². The number of carbonyl (C=O) groups is 3. The number of nitrogens with zero attached hydrogens (tertiary/aromatic N) is 2. The van der Waals surface area contributed by atoms with Crippen LogP contribution in [0.15, 0.2) is 18.2 Å². The molecule has 0 aromatic heterocycles. The quantitative estimate of drug-likeness (QED) is 0.431. The topological polar surface area (TPSA) is 128 Å². The van der Waals surface area contributed by atoms with E-state index in [1.807, 2.05) is 0 Å². The van der Waals surface area contributed by atoms with Crippen LogP contribution in [0.2, 0.25) is 0 Å². The first kappa shape index (κ1) is 20.3. The summed E-state index contributed by atoms with van der Waals surface area (Å²) in [6.45, 7) is 4.33. The molecule has 1 saturated heterocycles. The van der Waals surface area contributed by atoms with Crippen LogP contribution in [0, 0.1) is 17.0 Å². The number of esters is 1. The van der Waals surface area contributed by atoms with E-state index in [-0.39, 0.29) is 17.2 Å². The van der Waals surface area contributed by atoms with Gasteiger partial charge in [-0.3, -0.25) is 24.5 Å². The highest BCUT2D eigenvalue weighted by Gasteiger charge is 2.25. The van der Waals surface area contributed by atoms with Crippen molar-refractivity contribution < 1.29 is 28.8 Å². The van der Waals surface area contributed by atoms with Crippen molar-refractivity contribution in [3.8, 4) is 0 Å². The lowest BCUT2D eigenvalue weighted by molar-refractivity contribution is -0.385. The van der Waals surface area contributed by atoms with Gasteiger partial charge in [0.05, 0.1) is 18.1 Å². The molecule has 1 aromatic carbocycles. The molecule has 2 amide bonds. The summed E-state index contributed by atoms with van der Waals surface area (Å²) in [6, 6.07) is 3.89. The maximum absolute atomic E-state index is 12.2. The molecule has 146 valence electrons. The molecular weight excluding hydrogens is 358 g/mol. The number of hydrogen-bond acceptors (Lipinski definition) is 7. The smallest absolute Gasteiger partial charge is 0.326 e. The predicted octanol–water partition coefficient (Wildman–Crippen LogP) is 0.424. The summed E-state index contributed by atoms with van der Waals surface area (Å²) < 4.78 is 10.2. The van der Waals surface area contributed by atoms with Gasteiger partial charge in [0.25, 0.3) is 17.5 Å². The summed E-state index contributed by atoms with van der Waals surface area (Å²) in [5, 5.41) is 13.2. The molecule has 1 N–H and O–H groups in total. The molecule has 1 fully saturated rings. The van der Waals surface area contributed by atoms with Crippen molar-refractivity contribution in [1.82, 2.24) is 10.2 Å². The summed E-state index contributed by atoms with van der Waals surface area (Å²) in [5.41, 5.74) is 0.421. The van der Waals surface area contributed by atoms with Gasteiger partial charge in [-0.1, -0.05) is 0 Å². The standard InChI is InChI=1S/C17H21N3O7/c1-11-9-13(3-4-14(11)20(24)25)16(22)18-10-15(21)27-12(2)17(23)19-5-7-26-8-6-19/h3-4,9,12H,5-8,10H2,1-2H3,(H,18,22)/t12-/m1/s1. The molecule has 1 aromatic rings. The van der Waals surface area contributed by atoms with Crippen LogP contribution in [0.4, 0.5) is 5.69 Å². The zero-order valence-corrected chi connectivity index (χ0v) is 15.1. The Labute approximate surface area is 155 Å². The summed E-state index contributed by atoms with van der Waals surface area (Å²) in [5.74, 6) is -1.64. The maximum Gasteiger partial charge on any atom is 0.326 e. The van der Waals surface area contributed by atoms with Gasteiger partial charge in [0, 0.05) is 30.3 Å². The van der Waals surface area contributed by atoms with Gasteiger partial charge < -0.3 is 19.7 Å². The number of carbonyl (C=O) groups excluding carboxylic acids is 3. The first-order valence-electron chi connectivity index (χ1n) is 8.39. The SMILES string of the molecule is Cc1cc(C(=O)NCC(=O)O[C@H](C)C(=O)N2CCOCC2)ccc1[N+](=O)[O-]. The van der Waals surface area contributed by atoms with Gasteiger partial charge in [-0.15, -0.1) is 0 Å². The molecule has 0 bridgehead atoms. The minimum absolute atomic E-state index is 0.0959. The van der Waals surface area contributed by atoms with Crippen LogP contribution in [0.25, 0.3) is 0 Å². The number of ether oxygens (including phenoxy) is 2. The minimum Gasteiger partial charge on any atom is -0.451 e. The molecule has 0 aliphatic carbocycles. The molecule has 1 aliphatic rings. The number of aryl methyl sites for hydroxylation is 1. The Bertz CT molecular complexity index is 744. The first-order chi connectivity index (χ1) is 12.8. The molecule has 0 unspecified atom stereocenters. The Morgan fingerprint density at radius 2 is 2.00 bits per heavy atom. The molecule has 10 heteroatoms. The number of amides is 2. The van der Waals surface area contributed by atoms with Crippen LogP contribution in [-0.4, -0.2) is 66.6 Å². The molecule has 27 heavy (non-hydrogen) atoms. The van der Waals surface area contributed by atoms with Gasteiger partial charge >= 0.3 is 5.97 Å². The van der Waals surface area contributed by atoms with Gasteiger partial charge in [0.15, 0.2) is 6.10 Å². The minimum atomic E-state index is -0.964. The number of hydrogen-bond donors (Lipinski definition) is 1.